The Labute approximate surface area is 122 Å². The molecular weight excluding hydrogens is 297 g/mol. The minimum absolute atomic E-state index is 0.260. The van der Waals surface area contributed by atoms with Gasteiger partial charge in [-0.1, -0.05) is 12.1 Å². The van der Waals surface area contributed by atoms with Gasteiger partial charge < -0.3 is 5.32 Å². The molecule has 0 saturated heterocycles. The number of anilines is 1. The molecule has 0 heterocycles. The van der Waals surface area contributed by atoms with Gasteiger partial charge in [-0.3, -0.25) is 25.0 Å². The number of nitro groups is 2. The molecule has 0 aliphatic heterocycles. The summed E-state index contributed by atoms with van der Waals surface area (Å²) in [7, 11) is 0. The highest BCUT2D eigenvalue weighted by Gasteiger charge is 2.22. The number of nitrogens with one attached hydrogen (secondary N) is 1. The second-order valence-corrected chi connectivity index (χ2v) is 4.15. The lowest BCUT2D eigenvalue weighted by Crippen LogP contribution is -2.14. The number of hydrogen-bond donors (Lipinski definition) is 1. The minimum atomic E-state index is -0.893. The Morgan fingerprint density at radius 1 is 1.05 bits per heavy atom. The largest absolute Gasteiger partial charge is 0.316 e. The Morgan fingerprint density at radius 2 is 1.73 bits per heavy atom. The average Bonchev–Trinajstić information content (AvgIpc) is 2.47. The smallest absolute Gasteiger partial charge is 0.299 e. The van der Waals surface area contributed by atoms with Crippen molar-refractivity contribution in [3.05, 3.63) is 74.1 Å². The number of halogens is 1. The van der Waals surface area contributed by atoms with E-state index in [1.807, 2.05) is 0 Å². The van der Waals surface area contributed by atoms with Crippen molar-refractivity contribution < 1.29 is 19.0 Å². The van der Waals surface area contributed by atoms with Crippen molar-refractivity contribution >= 4 is 23.0 Å². The molecule has 2 rings (SSSR count). The van der Waals surface area contributed by atoms with Crippen LogP contribution in [0.5, 0.6) is 0 Å². The van der Waals surface area contributed by atoms with Crippen molar-refractivity contribution in [3.63, 3.8) is 0 Å². The number of carbonyl (C=O) groups is 1. The highest BCUT2D eigenvalue weighted by Crippen LogP contribution is 2.29. The fourth-order valence-electron chi connectivity index (χ4n) is 1.73. The maximum atomic E-state index is 13.5. The van der Waals surface area contributed by atoms with E-state index in [9.17, 15) is 29.4 Å². The third-order valence-electron chi connectivity index (χ3n) is 2.76. The Hall–Kier alpha value is -3.36. The second kappa shape index (κ2) is 5.95. The van der Waals surface area contributed by atoms with E-state index < -0.39 is 32.9 Å². The number of rotatable bonds is 4. The zero-order valence-electron chi connectivity index (χ0n) is 10.9. The average molecular weight is 305 g/mol. The third-order valence-corrected chi connectivity index (χ3v) is 2.76. The van der Waals surface area contributed by atoms with Crippen molar-refractivity contribution in [2.45, 2.75) is 0 Å². The summed E-state index contributed by atoms with van der Waals surface area (Å²) < 4.78 is 13.5. The molecule has 2 aromatic carbocycles. The van der Waals surface area contributed by atoms with Gasteiger partial charge in [0.15, 0.2) is 0 Å². The molecule has 9 heteroatoms. The van der Waals surface area contributed by atoms with Gasteiger partial charge in [-0.25, -0.2) is 4.39 Å². The predicted molar refractivity (Wildman–Crippen MR) is 74.1 cm³/mol. The summed E-state index contributed by atoms with van der Waals surface area (Å²) in [5.74, 6) is -1.68. The molecule has 0 aliphatic rings. The molecule has 1 amide bonds. The summed E-state index contributed by atoms with van der Waals surface area (Å²) >= 11 is 0. The molecule has 0 aliphatic carbocycles. The fourth-order valence-corrected chi connectivity index (χ4v) is 1.73. The van der Waals surface area contributed by atoms with E-state index in [1.54, 1.807) is 0 Å². The summed E-state index contributed by atoms with van der Waals surface area (Å²) in [6.07, 6.45) is 0. The third kappa shape index (κ3) is 3.03. The highest BCUT2D eigenvalue weighted by atomic mass is 19.1. The van der Waals surface area contributed by atoms with E-state index in [-0.39, 0.29) is 11.3 Å². The summed E-state index contributed by atoms with van der Waals surface area (Å²) in [5.41, 5.74) is -1.70. The van der Waals surface area contributed by atoms with Gasteiger partial charge in [0.05, 0.1) is 21.5 Å². The van der Waals surface area contributed by atoms with E-state index in [4.69, 9.17) is 0 Å². The van der Waals surface area contributed by atoms with Crippen molar-refractivity contribution in [2.24, 2.45) is 0 Å². The molecule has 0 aromatic heterocycles. The molecule has 0 saturated carbocycles. The molecule has 0 bridgehead atoms. The first-order chi connectivity index (χ1) is 10.4. The van der Waals surface area contributed by atoms with Gasteiger partial charge in [0.2, 0.25) is 0 Å². The fraction of sp³-hybridized carbons (Fsp3) is 0. The number of carbonyl (C=O) groups excluding carboxylic acids is 1. The van der Waals surface area contributed by atoms with Crippen LogP contribution in [-0.2, 0) is 0 Å². The van der Waals surface area contributed by atoms with Gasteiger partial charge in [0, 0.05) is 6.07 Å². The molecule has 0 radical (unpaired) electrons. The van der Waals surface area contributed by atoms with Crippen LogP contribution in [-0.4, -0.2) is 15.8 Å². The van der Waals surface area contributed by atoms with Gasteiger partial charge in [-0.2, -0.15) is 0 Å². The van der Waals surface area contributed by atoms with Crippen LogP contribution in [0.1, 0.15) is 10.4 Å². The highest BCUT2D eigenvalue weighted by molar-refractivity contribution is 6.05. The van der Waals surface area contributed by atoms with E-state index in [1.165, 1.54) is 18.2 Å². The van der Waals surface area contributed by atoms with Gasteiger partial charge in [0.25, 0.3) is 17.3 Å². The Bertz CT molecular complexity index is 778. The normalized spacial score (nSPS) is 10.0. The quantitative estimate of drug-likeness (QED) is 0.688. The van der Waals surface area contributed by atoms with E-state index in [0.29, 0.717) is 0 Å². The second-order valence-electron chi connectivity index (χ2n) is 4.15. The Morgan fingerprint density at radius 3 is 2.32 bits per heavy atom. The van der Waals surface area contributed by atoms with Crippen LogP contribution in [0.3, 0.4) is 0 Å². The number of hydrogen-bond acceptors (Lipinski definition) is 5. The number of amides is 1. The number of benzene rings is 2. The van der Waals surface area contributed by atoms with Crippen LogP contribution in [0.4, 0.5) is 21.5 Å². The summed E-state index contributed by atoms with van der Waals surface area (Å²) in [6.45, 7) is 0. The zero-order chi connectivity index (χ0) is 16.3. The van der Waals surface area contributed by atoms with E-state index in [2.05, 4.69) is 5.32 Å². The summed E-state index contributed by atoms with van der Waals surface area (Å²) in [5, 5.41) is 23.7. The van der Waals surface area contributed by atoms with Crippen LogP contribution < -0.4 is 5.32 Å². The molecule has 0 atom stereocenters. The van der Waals surface area contributed by atoms with Crippen LogP contribution in [0, 0.1) is 26.0 Å². The number of non-ortho nitro benzene ring substituents is 1. The van der Waals surface area contributed by atoms with Crippen LogP contribution in [0.2, 0.25) is 0 Å². The lowest BCUT2D eigenvalue weighted by Gasteiger charge is -2.06. The first-order valence-electron chi connectivity index (χ1n) is 5.89. The van der Waals surface area contributed by atoms with Gasteiger partial charge in [-0.05, 0) is 18.2 Å². The lowest BCUT2D eigenvalue weighted by molar-refractivity contribution is -0.393. The summed E-state index contributed by atoms with van der Waals surface area (Å²) in [6, 6.07) is 7.85. The van der Waals surface area contributed by atoms with Crippen molar-refractivity contribution in [2.75, 3.05) is 5.32 Å². The molecule has 22 heavy (non-hydrogen) atoms. The van der Waals surface area contributed by atoms with E-state index in [0.717, 1.165) is 24.3 Å². The van der Waals surface area contributed by atoms with Crippen molar-refractivity contribution in [1.82, 2.24) is 0 Å². The van der Waals surface area contributed by atoms with E-state index >= 15 is 0 Å². The predicted octanol–water partition coefficient (Wildman–Crippen LogP) is 2.89. The monoisotopic (exact) mass is 305 g/mol. The van der Waals surface area contributed by atoms with Crippen molar-refractivity contribution in [1.29, 1.82) is 0 Å². The lowest BCUT2D eigenvalue weighted by atomic mass is 10.2. The van der Waals surface area contributed by atoms with Crippen LogP contribution >= 0.6 is 0 Å². The first kappa shape index (κ1) is 15.0. The number of nitrogens with zero attached hydrogens (tertiary/aromatic N) is 2. The zero-order valence-corrected chi connectivity index (χ0v) is 10.9. The molecule has 2 aromatic rings. The number of nitro benzene ring substituents is 2. The van der Waals surface area contributed by atoms with Crippen LogP contribution in [0.15, 0.2) is 42.5 Å². The standard InChI is InChI=1S/C13H8FN3O5/c14-10-4-2-1-3-9(10)13(18)15-11-6-5-8(16(19)20)7-12(11)17(21)22/h1-7H,(H,15,18). The SMILES string of the molecule is O=C(Nc1ccc([N+](=O)[O-])cc1[N+](=O)[O-])c1ccccc1F. The van der Waals surface area contributed by atoms with Gasteiger partial charge >= 0.3 is 0 Å². The van der Waals surface area contributed by atoms with Crippen molar-refractivity contribution in [3.8, 4) is 0 Å². The summed E-state index contributed by atoms with van der Waals surface area (Å²) in [4.78, 5) is 31.8. The molecule has 112 valence electrons. The topological polar surface area (TPSA) is 115 Å². The maximum Gasteiger partial charge on any atom is 0.299 e. The molecular formula is C13H8FN3O5. The first-order valence-corrected chi connectivity index (χ1v) is 5.89. The molecule has 0 fully saturated rings. The Kier molecular flexibility index (Phi) is 4.07. The molecule has 0 spiro atoms. The molecule has 8 nitrogen and oxygen atoms in total. The van der Waals surface area contributed by atoms with Crippen LogP contribution in [0.25, 0.3) is 0 Å². The minimum Gasteiger partial charge on any atom is -0.316 e. The Balaban J connectivity index is 2.37. The maximum absolute atomic E-state index is 13.5. The molecule has 0 unspecified atom stereocenters. The molecule has 1 N–H and O–H groups in total. The van der Waals surface area contributed by atoms with Gasteiger partial charge in [0.1, 0.15) is 11.5 Å². The van der Waals surface area contributed by atoms with Gasteiger partial charge in [-0.15, -0.1) is 0 Å².